The van der Waals surface area contributed by atoms with Crippen LogP contribution in [0.15, 0.2) is 91.0 Å². The van der Waals surface area contributed by atoms with E-state index in [0.717, 1.165) is 27.8 Å². The first-order valence-electron chi connectivity index (χ1n) is 7.91. The fourth-order valence-corrected chi connectivity index (χ4v) is 2.51. The minimum atomic E-state index is 0.0137. The molecule has 0 unspecified atom stereocenters. The SMILES string of the molecule is OCC=C(c1ccccc1)c1ccc(C#Cc2ccccc2)cc1. The van der Waals surface area contributed by atoms with Crippen LogP contribution in [0.4, 0.5) is 0 Å². The highest BCUT2D eigenvalue weighted by Crippen LogP contribution is 2.23. The molecule has 0 aliphatic rings. The van der Waals surface area contributed by atoms with Crippen molar-refractivity contribution in [3.63, 3.8) is 0 Å². The molecule has 1 N–H and O–H groups in total. The highest BCUT2D eigenvalue weighted by Gasteiger charge is 2.04. The summed E-state index contributed by atoms with van der Waals surface area (Å²) >= 11 is 0. The van der Waals surface area contributed by atoms with Crippen LogP contribution < -0.4 is 0 Å². The van der Waals surface area contributed by atoms with Gasteiger partial charge in [0.2, 0.25) is 0 Å². The third-order valence-corrected chi connectivity index (χ3v) is 3.70. The molecule has 0 aliphatic carbocycles. The minimum absolute atomic E-state index is 0.0137. The third-order valence-electron chi connectivity index (χ3n) is 3.70. The number of benzene rings is 3. The lowest BCUT2D eigenvalue weighted by atomic mass is 9.97. The Labute approximate surface area is 142 Å². The van der Waals surface area contributed by atoms with Gasteiger partial charge in [-0.05, 0) is 41.0 Å². The van der Waals surface area contributed by atoms with Gasteiger partial charge in [0, 0.05) is 11.1 Å². The summed E-state index contributed by atoms with van der Waals surface area (Å²) in [4.78, 5) is 0. The van der Waals surface area contributed by atoms with Crippen LogP contribution in [-0.4, -0.2) is 11.7 Å². The molecular weight excluding hydrogens is 292 g/mol. The van der Waals surface area contributed by atoms with Gasteiger partial charge < -0.3 is 5.11 Å². The van der Waals surface area contributed by atoms with Crippen molar-refractivity contribution in [3.8, 4) is 11.8 Å². The van der Waals surface area contributed by atoms with Gasteiger partial charge in [-0.1, -0.05) is 78.6 Å². The summed E-state index contributed by atoms with van der Waals surface area (Å²) in [6.07, 6.45) is 1.83. The molecule has 0 saturated heterocycles. The van der Waals surface area contributed by atoms with Crippen LogP contribution in [0.5, 0.6) is 0 Å². The smallest absolute Gasteiger partial charge is 0.0621 e. The molecule has 0 spiro atoms. The van der Waals surface area contributed by atoms with E-state index < -0.39 is 0 Å². The standard InChI is InChI=1S/C23H18O/c24-18-17-23(21-9-5-2-6-10-21)22-15-13-20(14-16-22)12-11-19-7-3-1-4-8-19/h1-10,13-17,24H,18H2. The largest absolute Gasteiger partial charge is 0.392 e. The highest BCUT2D eigenvalue weighted by molar-refractivity contribution is 5.80. The zero-order chi connectivity index (χ0) is 16.6. The molecule has 3 aromatic carbocycles. The van der Waals surface area contributed by atoms with Gasteiger partial charge in [0.25, 0.3) is 0 Å². The molecule has 0 atom stereocenters. The molecule has 0 bridgehead atoms. The quantitative estimate of drug-likeness (QED) is 0.706. The first kappa shape index (κ1) is 15.8. The van der Waals surface area contributed by atoms with E-state index in [4.69, 9.17) is 0 Å². The van der Waals surface area contributed by atoms with Gasteiger partial charge in [0.15, 0.2) is 0 Å². The molecule has 0 aromatic heterocycles. The van der Waals surface area contributed by atoms with E-state index in [1.807, 2.05) is 91.0 Å². The third kappa shape index (κ3) is 4.01. The number of hydrogen-bond donors (Lipinski definition) is 1. The molecule has 1 heteroatoms. The molecule has 24 heavy (non-hydrogen) atoms. The Bertz CT molecular complexity index is 864. The first-order valence-corrected chi connectivity index (χ1v) is 7.91. The second kappa shape index (κ2) is 7.97. The summed E-state index contributed by atoms with van der Waals surface area (Å²) in [7, 11) is 0. The highest BCUT2D eigenvalue weighted by atomic mass is 16.2. The summed E-state index contributed by atoms with van der Waals surface area (Å²) in [6, 6.07) is 28.2. The summed E-state index contributed by atoms with van der Waals surface area (Å²) < 4.78 is 0. The summed E-state index contributed by atoms with van der Waals surface area (Å²) in [5.41, 5.74) is 5.17. The molecule has 3 aromatic rings. The van der Waals surface area contributed by atoms with Crippen LogP contribution in [0.3, 0.4) is 0 Å². The molecule has 3 rings (SSSR count). The number of hydrogen-bond acceptors (Lipinski definition) is 1. The lowest BCUT2D eigenvalue weighted by Crippen LogP contribution is -1.90. The van der Waals surface area contributed by atoms with E-state index in [1.54, 1.807) is 0 Å². The van der Waals surface area contributed by atoms with Crippen LogP contribution >= 0.6 is 0 Å². The molecule has 116 valence electrons. The Kier molecular flexibility index (Phi) is 5.24. The van der Waals surface area contributed by atoms with Crippen molar-refractivity contribution < 1.29 is 5.11 Å². The molecular formula is C23H18O. The van der Waals surface area contributed by atoms with E-state index in [2.05, 4.69) is 11.8 Å². The summed E-state index contributed by atoms with van der Waals surface area (Å²) in [5.74, 6) is 6.34. The van der Waals surface area contributed by atoms with Crippen molar-refractivity contribution in [2.75, 3.05) is 6.61 Å². The van der Waals surface area contributed by atoms with Crippen LogP contribution in [0.1, 0.15) is 22.3 Å². The van der Waals surface area contributed by atoms with Crippen LogP contribution in [0.25, 0.3) is 5.57 Å². The Morgan fingerprint density at radius 1 is 0.667 bits per heavy atom. The molecule has 0 amide bonds. The van der Waals surface area contributed by atoms with E-state index in [9.17, 15) is 5.11 Å². The van der Waals surface area contributed by atoms with Crippen LogP contribution in [0, 0.1) is 11.8 Å². The lowest BCUT2D eigenvalue weighted by molar-refractivity contribution is 0.343. The van der Waals surface area contributed by atoms with E-state index in [1.165, 1.54) is 0 Å². The monoisotopic (exact) mass is 310 g/mol. The second-order valence-corrected chi connectivity index (χ2v) is 5.36. The van der Waals surface area contributed by atoms with Gasteiger partial charge in [0.05, 0.1) is 6.61 Å². The van der Waals surface area contributed by atoms with Gasteiger partial charge in [-0.2, -0.15) is 0 Å². The Hall–Kier alpha value is -3.08. The van der Waals surface area contributed by atoms with Crippen LogP contribution in [0.2, 0.25) is 0 Å². The minimum Gasteiger partial charge on any atom is -0.392 e. The fraction of sp³-hybridized carbons (Fsp3) is 0.0435. The average Bonchev–Trinajstić information content (AvgIpc) is 2.66. The van der Waals surface area contributed by atoms with Gasteiger partial charge >= 0.3 is 0 Å². The van der Waals surface area contributed by atoms with E-state index >= 15 is 0 Å². The predicted octanol–water partition coefficient (Wildman–Crippen LogP) is 4.51. The topological polar surface area (TPSA) is 20.2 Å². The predicted molar refractivity (Wildman–Crippen MR) is 99.5 cm³/mol. The maximum atomic E-state index is 9.33. The Balaban J connectivity index is 1.86. The van der Waals surface area contributed by atoms with Gasteiger partial charge in [-0.3, -0.25) is 0 Å². The first-order chi connectivity index (χ1) is 11.9. The molecule has 0 saturated carbocycles. The zero-order valence-electron chi connectivity index (χ0n) is 13.3. The molecule has 0 fully saturated rings. The maximum Gasteiger partial charge on any atom is 0.0621 e. The van der Waals surface area contributed by atoms with Gasteiger partial charge in [-0.15, -0.1) is 0 Å². The molecule has 0 heterocycles. The normalized spacial score (nSPS) is 10.8. The van der Waals surface area contributed by atoms with Crippen LogP contribution in [-0.2, 0) is 0 Å². The molecule has 0 radical (unpaired) electrons. The van der Waals surface area contributed by atoms with E-state index in [0.29, 0.717) is 0 Å². The molecule has 1 nitrogen and oxygen atoms in total. The van der Waals surface area contributed by atoms with Crippen molar-refractivity contribution in [2.24, 2.45) is 0 Å². The number of aliphatic hydroxyl groups is 1. The summed E-state index contributed by atoms with van der Waals surface area (Å²) in [5, 5.41) is 9.33. The maximum absolute atomic E-state index is 9.33. The van der Waals surface area contributed by atoms with E-state index in [-0.39, 0.29) is 6.61 Å². The van der Waals surface area contributed by atoms with Crippen molar-refractivity contribution in [1.29, 1.82) is 0 Å². The fourth-order valence-electron chi connectivity index (χ4n) is 2.51. The van der Waals surface area contributed by atoms with Crippen molar-refractivity contribution >= 4 is 5.57 Å². The number of aliphatic hydroxyl groups excluding tert-OH is 1. The zero-order valence-corrected chi connectivity index (χ0v) is 13.3. The van der Waals surface area contributed by atoms with Gasteiger partial charge in [0.1, 0.15) is 0 Å². The Morgan fingerprint density at radius 3 is 1.75 bits per heavy atom. The second-order valence-electron chi connectivity index (χ2n) is 5.36. The molecule has 0 aliphatic heterocycles. The van der Waals surface area contributed by atoms with Gasteiger partial charge in [-0.25, -0.2) is 0 Å². The van der Waals surface area contributed by atoms with Crippen molar-refractivity contribution in [1.82, 2.24) is 0 Å². The van der Waals surface area contributed by atoms with Crippen molar-refractivity contribution in [2.45, 2.75) is 0 Å². The average molecular weight is 310 g/mol. The van der Waals surface area contributed by atoms with Crippen molar-refractivity contribution in [3.05, 3.63) is 113 Å². The number of rotatable bonds is 3. The summed E-state index contributed by atoms with van der Waals surface area (Å²) in [6.45, 7) is 0.0137. The lowest BCUT2D eigenvalue weighted by Gasteiger charge is -2.08. The Morgan fingerprint density at radius 2 is 1.17 bits per heavy atom.